The summed E-state index contributed by atoms with van der Waals surface area (Å²) < 4.78 is 55.6. The van der Waals surface area contributed by atoms with Crippen LogP contribution in [0.5, 0.6) is 0 Å². The van der Waals surface area contributed by atoms with Gasteiger partial charge >= 0.3 is 0 Å². The molecule has 1 aromatic heterocycles. The number of hydrogen-bond donors (Lipinski definition) is 0. The average molecular weight is 218 g/mol. The summed E-state index contributed by atoms with van der Waals surface area (Å²) in [6.45, 7) is 0. The highest BCUT2D eigenvalue weighted by Gasteiger charge is 2.22. The zero-order chi connectivity index (χ0) is 11.0. The first-order chi connectivity index (χ1) is 7.11. The van der Waals surface area contributed by atoms with Crippen molar-refractivity contribution in [2.75, 3.05) is 0 Å². The van der Waals surface area contributed by atoms with Crippen LogP contribution in [0.3, 0.4) is 0 Å². The third kappa shape index (κ3) is 1.45. The van der Waals surface area contributed by atoms with E-state index < -0.39 is 34.7 Å². The molecule has 0 atom stereocenters. The third-order valence-corrected chi connectivity index (χ3v) is 1.69. The molecule has 0 N–H and O–H groups in total. The average Bonchev–Trinajstić information content (AvgIpc) is 2.73. The monoisotopic (exact) mass is 218 g/mol. The van der Waals surface area contributed by atoms with E-state index in [0.717, 1.165) is 6.33 Å². The lowest BCUT2D eigenvalue weighted by Gasteiger charge is -2.00. The molecule has 1 heterocycles. The summed E-state index contributed by atoms with van der Waals surface area (Å²) in [6.07, 6.45) is 0.925. The third-order valence-electron chi connectivity index (χ3n) is 1.69. The summed E-state index contributed by atoms with van der Waals surface area (Å²) in [5, 5.41) is 3.13. The Balaban J connectivity index is 2.69. The Kier molecular flexibility index (Phi) is 2.14. The fourth-order valence-corrected chi connectivity index (χ4v) is 1.02. The molecule has 0 aliphatic heterocycles. The smallest absolute Gasteiger partial charge is 0.260 e. The molecule has 2 aromatic rings. The van der Waals surface area contributed by atoms with Crippen molar-refractivity contribution in [2.45, 2.75) is 0 Å². The van der Waals surface area contributed by atoms with E-state index in [1.807, 2.05) is 0 Å². The van der Waals surface area contributed by atoms with Crippen LogP contribution in [0, 0.1) is 23.3 Å². The minimum atomic E-state index is -1.91. The van der Waals surface area contributed by atoms with Gasteiger partial charge in [-0.25, -0.2) is 17.6 Å². The molecule has 0 saturated carbocycles. The molecule has 0 fully saturated rings. The van der Waals surface area contributed by atoms with Crippen molar-refractivity contribution in [3.63, 3.8) is 0 Å². The van der Waals surface area contributed by atoms with Crippen LogP contribution in [-0.4, -0.2) is 10.1 Å². The SMILES string of the molecule is Fc1cc(-c2ncno2)c(F)c(F)c1F. The molecule has 0 aliphatic carbocycles. The van der Waals surface area contributed by atoms with Crippen molar-refractivity contribution in [3.05, 3.63) is 35.7 Å². The van der Waals surface area contributed by atoms with Crippen LogP contribution in [0.4, 0.5) is 17.6 Å². The highest BCUT2D eigenvalue weighted by Crippen LogP contribution is 2.25. The zero-order valence-corrected chi connectivity index (χ0v) is 6.97. The van der Waals surface area contributed by atoms with Gasteiger partial charge in [-0.1, -0.05) is 5.16 Å². The lowest BCUT2D eigenvalue weighted by molar-refractivity contribution is 0.400. The second kappa shape index (κ2) is 3.34. The van der Waals surface area contributed by atoms with Crippen molar-refractivity contribution in [1.82, 2.24) is 10.1 Å². The van der Waals surface area contributed by atoms with Gasteiger partial charge in [0.2, 0.25) is 0 Å². The number of benzene rings is 1. The maximum absolute atomic E-state index is 13.1. The minimum absolute atomic E-state index is 0.426. The summed E-state index contributed by atoms with van der Waals surface area (Å²) >= 11 is 0. The Morgan fingerprint density at radius 1 is 1.00 bits per heavy atom. The molecule has 1 aromatic carbocycles. The predicted octanol–water partition coefficient (Wildman–Crippen LogP) is 2.29. The van der Waals surface area contributed by atoms with Gasteiger partial charge in [-0.15, -0.1) is 0 Å². The fourth-order valence-electron chi connectivity index (χ4n) is 1.02. The van der Waals surface area contributed by atoms with Crippen molar-refractivity contribution in [1.29, 1.82) is 0 Å². The molecule has 78 valence electrons. The number of rotatable bonds is 1. The Labute approximate surface area is 80.3 Å². The molecule has 0 amide bonds. The highest BCUT2D eigenvalue weighted by atomic mass is 19.2. The topological polar surface area (TPSA) is 38.9 Å². The molecule has 7 heteroatoms. The first kappa shape index (κ1) is 9.63. The predicted molar refractivity (Wildman–Crippen MR) is 39.6 cm³/mol. The molecular weight excluding hydrogens is 216 g/mol. The van der Waals surface area contributed by atoms with Crippen LogP contribution < -0.4 is 0 Å². The maximum Gasteiger partial charge on any atom is 0.260 e. The standard InChI is InChI=1S/C8H2F4N2O/c9-4-1-3(8-13-2-14-15-8)5(10)7(12)6(4)11/h1-2H. The summed E-state index contributed by atoms with van der Waals surface area (Å²) in [6, 6.07) is 0.446. The molecule has 2 rings (SSSR count). The van der Waals surface area contributed by atoms with Gasteiger partial charge < -0.3 is 4.52 Å². The van der Waals surface area contributed by atoms with Gasteiger partial charge in [-0.3, -0.25) is 0 Å². The largest absolute Gasteiger partial charge is 0.334 e. The summed E-state index contributed by atoms with van der Waals surface area (Å²) in [4.78, 5) is 3.39. The highest BCUT2D eigenvalue weighted by molar-refractivity contribution is 5.53. The molecule has 0 radical (unpaired) electrons. The lowest BCUT2D eigenvalue weighted by atomic mass is 10.2. The van der Waals surface area contributed by atoms with E-state index in [2.05, 4.69) is 14.7 Å². The first-order valence-electron chi connectivity index (χ1n) is 3.71. The molecule has 0 aliphatic rings. The normalized spacial score (nSPS) is 10.7. The lowest BCUT2D eigenvalue weighted by Crippen LogP contribution is -1.98. The summed E-state index contributed by atoms with van der Waals surface area (Å²) in [7, 11) is 0. The zero-order valence-electron chi connectivity index (χ0n) is 6.97. The molecule has 15 heavy (non-hydrogen) atoms. The Hall–Kier alpha value is -1.92. The van der Waals surface area contributed by atoms with Crippen LogP contribution in [0.25, 0.3) is 11.5 Å². The Bertz CT molecular complexity index is 498. The van der Waals surface area contributed by atoms with Gasteiger partial charge in [-0.05, 0) is 6.07 Å². The number of aromatic nitrogens is 2. The number of hydrogen-bond acceptors (Lipinski definition) is 3. The Morgan fingerprint density at radius 2 is 1.73 bits per heavy atom. The van der Waals surface area contributed by atoms with Crippen LogP contribution in [0.2, 0.25) is 0 Å². The first-order valence-corrected chi connectivity index (χ1v) is 3.71. The number of nitrogens with zero attached hydrogens (tertiary/aromatic N) is 2. The van der Waals surface area contributed by atoms with Crippen LogP contribution in [0.15, 0.2) is 16.9 Å². The molecular formula is C8H2F4N2O. The van der Waals surface area contributed by atoms with Gasteiger partial charge in [0.05, 0.1) is 5.56 Å². The summed E-state index contributed by atoms with van der Waals surface area (Å²) in [5.41, 5.74) is -0.621. The van der Waals surface area contributed by atoms with Gasteiger partial charge in [0.1, 0.15) is 0 Å². The van der Waals surface area contributed by atoms with Gasteiger partial charge in [0.15, 0.2) is 29.6 Å². The van der Waals surface area contributed by atoms with Crippen molar-refractivity contribution >= 4 is 0 Å². The van der Waals surface area contributed by atoms with Gasteiger partial charge in [-0.2, -0.15) is 4.98 Å². The van der Waals surface area contributed by atoms with Gasteiger partial charge in [0, 0.05) is 0 Å². The van der Waals surface area contributed by atoms with E-state index in [1.165, 1.54) is 0 Å². The summed E-state index contributed by atoms with van der Waals surface area (Å²) in [5.74, 6) is -7.32. The molecule has 0 unspecified atom stereocenters. The molecule has 0 saturated heterocycles. The van der Waals surface area contributed by atoms with Crippen molar-refractivity contribution in [3.8, 4) is 11.5 Å². The van der Waals surface area contributed by atoms with Crippen molar-refractivity contribution < 1.29 is 22.1 Å². The van der Waals surface area contributed by atoms with E-state index in [9.17, 15) is 17.6 Å². The molecule has 3 nitrogen and oxygen atoms in total. The minimum Gasteiger partial charge on any atom is -0.334 e. The maximum atomic E-state index is 13.1. The van der Waals surface area contributed by atoms with E-state index in [0.29, 0.717) is 6.07 Å². The second-order valence-corrected chi connectivity index (χ2v) is 2.59. The van der Waals surface area contributed by atoms with Crippen LogP contribution in [0.1, 0.15) is 0 Å². The number of halogens is 4. The second-order valence-electron chi connectivity index (χ2n) is 2.59. The fraction of sp³-hybridized carbons (Fsp3) is 0. The molecule has 0 spiro atoms. The molecule has 0 bridgehead atoms. The van der Waals surface area contributed by atoms with E-state index in [4.69, 9.17) is 0 Å². The van der Waals surface area contributed by atoms with E-state index >= 15 is 0 Å². The quantitative estimate of drug-likeness (QED) is 0.418. The Morgan fingerprint density at radius 3 is 2.33 bits per heavy atom. The van der Waals surface area contributed by atoms with Gasteiger partial charge in [0.25, 0.3) is 5.89 Å². The van der Waals surface area contributed by atoms with E-state index in [1.54, 1.807) is 0 Å². The van der Waals surface area contributed by atoms with Crippen molar-refractivity contribution in [2.24, 2.45) is 0 Å². The van der Waals surface area contributed by atoms with E-state index in [-0.39, 0.29) is 0 Å². The van der Waals surface area contributed by atoms with Crippen LogP contribution >= 0.6 is 0 Å². The van der Waals surface area contributed by atoms with Crippen LogP contribution in [-0.2, 0) is 0 Å².